The smallest absolute Gasteiger partial charge is 0.302 e. The van der Waals surface area contributed by atoms with E-state index in [0.29, 0.717) is 5.39 Å². The lowest BCUT2D eigenvalue weighted by Crippen LogP contribution is -2.04. The Hall–Kier alpha value is -4.09. The first kappa shape index (κ1) is 20.2. The molecule has 0 aliphatic rings. The maximum atomic E-state index is 11.8. The zero-order chi connectivity index (χ0) is 22.3. The molecule has 0 heterocycles. The fraction of sp³-hybridized carbons (Fsp3) is 0. The first-order valence-electron chi connectivity index (χ1n) is 8.71. The number of rotatable bonds is 4. The lowest BCUT2D eigenvalue weighted by atomic mass is 10.1. The van der Waals surface area contributed by atoms with Crippen molar-refractivity contribution in [2.45, 2.75) is 4.90 Å². The van der Waals surface area contributed by atoms with Gasteiger partial charge in [0, 0.05) is 22.2 Å². The van der Waals surface area contributed by atoms with E-state index in [1.54, 1.807) is 30.3 Å². The summed E-state index contributed by atoms with van der Waals surface area (Å²) < 4.78 is 33.2. The quantitative estimate of drug-likeness (QED) is 0.175. The van der Waals surface area contributed by atoms with E-state index in [2.05, 4.69) is 10.2 Å². The van der Waals surface area contributed by atoms with Crippen molar-refractivity contribution < 1.29 is 28.1 Å². The summed E-state index contributed by atoms with van der Waals surface area (Å²) in [5, 5.41) is 40.9. The van der Waals surface area contributed by atoms with Crippen LogP contribution in [0.4, 0.5) is 17.1 Å². The van der Waals surface area contributed by atoms with Crippen molar-refractivity contribution in [2.75, 3.05) is 0 Å². The fourth-order valence-corrected chi connectivity index (χ4v) is 4.17. The molecule has 0 fully saturated rings. The highest BCUT2D eigenvalue weighted by molar-refractivity contribution is 7.86. The van der Waals surface area contributed by atoms with Gasteiger partial charge >= 0.3 is 10.1 Å². The number of aromatic hydroxyl groups is 2. The van der Waals surface area contributed by atoms with Crippen LogP contribution in [-0.2, 0) is 10.1 Å². The van der Waals surface area contributed by atoms with Crippen molar-refractivity contribution in [2.24, 2.45) is 10.2 Å². The number of nitrogens with zero attached hydrogens (tertiary/aromatic N) is 3. The molecule has 0 unspecified atom stereocenters. The number of nitro benzene ring substituents is 1. The predicted octanol–water partition coefficient (Wildman–Crippen LogP) is 4.97. The summed E-state index contributed by atoms with van der Waals surface area (Å²) in [4.78, 5) is 9.39. The molecule has 4 aromatic rings. The number of hydrogen-bond donors (Lipinski definition) is 3. The Morgan fingerprint density at radius 1 is 0.774 bits per heavy atom. The van der Waals surface area contributed by atoms with Gasteiger partial charge in [-0.3, -0.25) is 14.7 Å². The maximum absolute atomic E-state index is 11.8. The lowest BCUT2D eigenvalue weighted by molar-refractivity contribution is -0.387. The molecule has 4 aromatic carbocycles. The summed E-state index contributed by atoms with van der Waals surface area (Å²) in [7, 11) is -4.97. The summed E-state index contributed by atoms with van der Waals surface area (Å²) in [5.41, 5.74) is -0.897. The second-order valence-corrected chi connectivity index (χ2v) is 7.89. The van der Waals surface area contributed by atoms with E-state index < -0.39 is 25.6 Å². The molecule has 0 radical (unpaired) electrons. The molecule has 31 heavy (non-hydrogen) atoms. The third-order valence-corrected chi connectivity index (χ3v) is 5.61. The number of phenols is 2. The van der Waals surface area contributed by atoms with Gasteiger partial charge in [0.05, 0.1) is 4.92 Å². The molecule has 0 atom stereocenters. The van der Waals surface area contributed by atoms with Crippen molar-refractivity contribution in [1.29, 1.82) is 0 Å². The summed E-state index contributed by atoms with van der Waals surface area (Å²) in [6, 6.07) is 14.5. The molecule has 11 heteroatoms. The van der Waals surface area contributed by atoms with Crippen LogP contribution >= 0.6 is 0 Å². The van der Waals surface area contributed by atoms with Gasteiger partial charge in [0.2, 0.25) is 0 Å². The Morgan fingerprint density at radius 2 is 1.35 bits per heavy atom. The third-order valence-electron chi connectivity index (χ3n) is 4.66. The van der Waals surface area contributed by atoms with E-state index in [1.807, 2.05) is 0 Å². The van der Waals surface area contributed by atoms with Gasteiger partial charge in [-0.2, -0.15) is 8.42 Å². The number of phenolic OH excluding ortho intramolecular Hbond substituents is 2. The Labute approximate surface area is 174 Å². The van der Waals surface area contributed by atoms with Crippen LogP contribution in [0.15, 0.2) is 75.8 Å². The number of nitro groups is 1. The molecule has 0 aromatic heterocycles. The fourth-order valence-electron chi connectivity index (χ4n) is 3.31. The molecular formula is C20H13N3O7S. The SMILES string of the molecule is O=[N+]([O-])c1ccc2c(N=Nc3c(O)ccc4ccccc34)c(O)ccc2c1S(=O)(=O)O. The van der Waals surface area contributed by atoms with E-state index in [1.165, 1.54) is 12.1 Å². The van der Waals surface area contributed by atoms with Crippen LogP contribution < -0.4 is 0 Å². The predicted molar refractivity (Wildman–Crippen MR) is 112 cm³/mol. The van der Waals surface area contributed by atoms with Gasteiger partial charge in [-0.1, -0.05) is 30.3 Å². The average Bonchev–Trinajstić information content (AvgIpc) is 2.72. The number of hydrogen-bond acceptors (Lipinski definition) is 8. The van der Waals surface area contributed by atoms with Crippen LogP contribution in [0.2, 0.25) is 0 Å². The zero-order valence-electron chi connectivity index (χ0n) is 15.5. The third kappa shape index (κ3) is 3.52. The van der Waals surface area contributed by atoms with E-state index >= 15 is 0 Å². The molecule has 10 nitrogen and oxygen atoms in total. The highest BCUT2D eigenvalue weighted by Gasteiger charge is 2.28. The molecule has 0 bridgehead atoms. The number of azo groups is 1. The van der Waals surface area contributed by atoms with Crippen LogP contribution in [-0.4, -0.2) is 28.1 Å². The first-order chi connectivity index (χ1) is 14.7. The normalized spacial score (nSPS) is 12.0. The van der Waals surface area contributed by atoms with Gasteiger partial charge in [-0.05, 0) is 29.7 Å². The lowest BCUT2D eigenvalue weighted by Gasteiger charge is -2.09. The van der Waals surface area contributed by atoms with Gasteiger partial charge in [0.25, 0.3) is 5.69 Å². The number of benzene rings is 4. The van der Waals surface area contributed by atoms with Crippen LogP contribution in [0.5, 0.6) is 11.5 Å². The molecular weight excluding hydrogens is 426 g/mol. The standard InChI is InChI=1S/C20H13N3O7S/c24-16-9-5-11-3-1-2-4-12(11)18(16)21-22-19-13-6-8-15(23(26)27)20(31(28,29)30)14(13)7-10-17(19)25/h1-10,24-25H,(H,28,29,30). The summed E-state index contributed by atoms with van der Waals surface area (Å²) in [6.45, 7) is 0. The second-order valence-electron chi connectivity index (χ2n) is 6.53. The van der Waals surface area contributed by atoms with E-state index in [0.717, 1.165) is 23.6 Å². The monoisotopic (exact) mass is 439 g/mol. The van der Waals surface area contributed by atoms with Crippen molar-refractivity contribution in [3.63, 3.8) is 0 Å². The van der Waals surface area contributed by atoms with Crippen molar-refractivity contribution in [3.05, 3.63) is 70.8 Å². The van der Waals surface area contributed by atoms with E-state index in [9.17, 15) is 33.3 Å². The largest absolute Gasteiger partial charge is 0.506 e. The molecule has 0 saturated heterocycles. The van der Waals surface area contributed by atoms with Gasteiger partial charge in [-0.25, -0.2) is 0 Å². The minimum Gasteiger partial charge on any atom is -0.506 e. The molecule has 0 spiro atoms. The molecule has 156 valence electrons. The van der Waals surface area contributed by atoms with Crippen molar-refractivity contribution in [3.8, 4) is 11.5 Å². The molecule has 0 aliphatic heterocycles. The molecule has 3 N–H and O–H groups in total. The Balaban J connectivity index is 1.99. The van der Waals surface area contributed by atoms with Crippen molar-refractivity contribution >= 4 is 48.7 Å². The van der Waals surface area contributed by atoms with Gasteiger partial charge in [0.15, 0.2) is 4.90 Å². The minimum atomic E-state index is -4.97. The van der Waals surface area contributed by atoms with E-state index in [-0.39, 0.29) is 33.6 Å². The molecule has 4 rings (SSSR count). The van der Waals surface area contributed by atoms with Crippen LogP contribution in [0.3, 0.4) is 0 Å². The molecule has 0 saturated carbocycles. The van der Waals surface area contributed by atoms with Gasteiger partial charge in [0.1, 0.15) is 22.9 Å². The topological polar surface area (TPSA) is 163 Å². The molecule has 0 aliphatic carbocycles. The Bertz CT molecular complexity index is 1510. The van der Waals surface area contributed by atoms with E-state index in [4.69, 9.17) is 0 Å². The van der Waals surface area contributed by atoms with Crippen LogP contribution in [0.1, 0.15) is 0 Å². The average molecular weight is 439 g/mol. The Kier molecular flexibility index (Phi) is 4.76. The zero-order valence-corrected chi connectivity index (χ0v) is 16.3. The maximum Gasteiger partial charge on any atom is 0.302 e. The highest BCUT2D eigenvalue weighted by Crippen LogP contribution is 2.43. The van der Waals surface area contributed by atoms with Gasteiger partial charge in [-0.15, -0.1) is 10.2 Å². The van der Waals surface area contributed by atoms with Crippen molar-refractivity contribution in [1.82, 2.24) is 0 Å². The molecule has 0 amide bonds. The summed E-state index contributed by atoms with van der Waals surface area (Å²) >= 11 is 0. The minimum absolute atomic E-state index is 0.00158. The van der Waals surface area contributed by atoms with Gasteiger partial charge < -0.3 is 10.2 Å². The number of fused-ring (bicyclic) bond motifs is 2. The second kappa shape index (κ2) is 7.31. The highest BCUT2D eigenvalue weighted by atomic mass is 32.2. The van der Waals surface area contributed by atoms with Crippen LogP contribution in [0.25, 0.3) is 21.5 Å². The first-order valence-corrected chi connectivity index (χ1v) is 10.2. The summed E-state index contributed by atoms with van der Waals surface area (Å²) in [6.07, 6.45) is 0. The Morgan fingerprint density at radius 3 is 2.00 bits per heavy atom. The van der Waals surface area contributed by atoms with Crippen LogP contribution in [0, 0.1) is 10.1 Å². The summed E-state index contributed by atoms with van der Waals surface area (Å²) in [5.74, 6) is -0.553.